The van der Waals surface area contributed by atoms with Crippen molar-refractivity contribution in [3.8, 4) is 5.75 Å². The average Bonchev–Trinajstić information content (AvgIpc) is 2.46. The Balaban J connectivity index is 2.72. The number of rotatable bonds is 7. The maximum Gasteiger partial charge on any atom is 0.251 e. The molecule has 0 aromatic heterocycles. The minimum absolute atomic E-state index is 0.0417. The summed E-state index contributed by atoms with van der Waals surface area (Å²) in [7, 11) is 0. The fourth-order valence-corrected chi connectivity index (χ4v) is 2.38. The first kappa shape index (κ1) is 16.8. The SMILES string of the molecule is CCC(CC)(CCO)CNC(=O)c1ccc(O)c(Cl)c1. The minimum Gasteiger partial charge on any atom is -0.506 e. The predicted octanol–water partition coefficient (Wildman–Crippen LogP) is 2.96. The fourth-order valence-electron chi connectivity index (χ4n) is 2.20. The molecule has 1 aromatic carbocycles. The Morgan fingerprint density at radius 1 is 1.35 bits per heavy atom. The van der Waals surface area contributed by atoms with Gasteiger partial charge in [-0.2, -0.15) is 0 Å². The molecule has 0 spiro atoms. The van der Waals surface area contributed by atoms with Gasteiger partial charge in [0, 0.05) is 18.7 Å². The van der Waals surface area contributed by atoms with Crippen molar-refractivity contribution in [2.75, 3.05) is 13.2 Å². The van der Waals surface area contributed by atoms with Crippen LogP contribution in [-0.2, 0) is 0 Å². The van der Waals surface area contributed by atoms with Crippen LogP contribution in [0.5, 0.6) is 5.75 Å². The second-order valence-corrected chi connectivity index (χ2v) is 5.44. The summed E-state index contributed by atoms with van der Waals surface area (Å²) in [5.74, 6) is -0.268. The zero-order valence-corrected chi connectivity index (χ0v) is 12.7. The Bertz CT molecular complexity index is 458. The van der Waals surface area contributed by atoms with Crippen LogP contribution in [0.1, 0.15) is 43.5 Å². The molecule has 5 heteroatoms. The summed E-state index contributed by atoms with van der Waals surface area (Å²) in [6.45, 7) is 4.74. The first-order valence-corrected chi connectivity index (χ1v) is 7.23. The first-order chi connectivity index (χ1) is 9.48. The van der Waals surface area contributed by atoms with Gasteiger partial charge >= 0.3 is 0 Å². The van der Waals surface area contributed by atoms with E-state index in [1.165, 1.54) is 18.2 Å². The topological polar surface area (TPSA) is 69.6 Å². The van der Waals surface area contributed by atoms with Crippen LogP contribution >= 0.6 is 11.6 Å². The van der Waals surface area contributed by atoms with Gasteiger partial charge in [-0.15, -0.1) is 0 Å². The monoisotopic (exact) mass is 299 g/mol. The van der Waals surface area contributed by atoms with E-state index in [4.69, 9.17) is 16.7 Å². The first-order valence-electron chi connectivity index (χ1n) is 6.85. The van der Waals surface area contributed by atoms with Gasteiger partial charge in [0.15, 0.2) is 0 Å². The summed E-state index contributed by atoms with van der Waals surface area (Å²) in [4.78, 5) is 12.1. The van der Waals surface area contributed by atoms with Crippen LogP contribution in [0, 0.1) is 5.41 Å². The van der Waals surface area contributed by atoms with E-state index in [2.05, 4.69) is 19.2 Å². The van der Waals surface area contributed by atoms with Crippen molar-refractivity contribution in [1.29, 1.82) is 0 Å². The van der Waals surface area contributed by atoms with Crippen LogP contribution in [0.15, 0.2) is 18.2 Å². The molecule has 1 amide bonds. The number of hydrogen-bond donors (Lipinski definition) is 3. The highest BCUT2D eigenvalue weighted by molar-refractivity contribution is 6.32. The van der Waals surface area contributed by atoms with Gasteiger partial charge in [0.1, 0.15) is 5.75 Å². The molecule has 4 nitrogen and oxygen atoms in total. The third-order valence-electron chi connectivity index (χ3n) is 3.98. The Labute approximate surface area is 124 Å². The number of benzene rings is 1. The number of carbonyl (C=O) groups excluding carboxylic acids is 1. The molecule has 0 aliphatic rings. The molecule has 3 N–H and O–H groups in total. The quantitative estimate of drug-likeness (QED) is 0.725. The van der Waals surface area contributed by atoms with Gasteiger partial charge in [0.25, 0.3) is 5.91 Å². The molecule has 0 saturated carbocycles. The van der Waals surface area contributed by atoms with Crippen molar-refractivity contribution in [2.24, 2.45) is 5.41 Å². The summed E-state index contributed by atoms with van der Waals surface area (Å²) >= 11 is 5.79. The highest BCUT2D eigenvalue weighted by atomic mass is 35.5. The van der Waals surface area contributed by atoms with Gasteiger partial charge in [-0.1, -0.05) is 25.4 Å². The number of hydrogen-bond acceptors (Lipinski definition) is 3. The molecule has 0 radical (unpaired) electrons. The van der Waals surface area contributed by atoms with Crippen LogP contribution in [0.2, 0.25) is 5.02 Å². The largest absolute Gasteiger partial charge is 0.506 e. The summed E-state index contributed by atoms with van der Waals surface area (Å²) in [5, 5.41) is 21.5. The van der Waals surface area contributed by atoms with Crippen molar-refractivity contribution in [3.05, 3.63) is 28.8 Å². The van der Waals surface area contributed by atoms with E-state index in [-0.39, 0.29) is 28.7 Å². The van der Waals surface area contributed by atoms with Crippen molar-refractivity contribution >= 4 is 17.5 Å². The standard InChI is InChI=1S/C15H22ClNO3/c1-3-15(4-2,7-8-18)10-17-14(20)11-5-6-13(19)12(16)9-11/h5-6,9,18-19H,3-4,7-8,10H2,1-2H3,(H,17,20). The summed E-state index contributed by atoms with van der Waals surface area (Å²) in [6, 6.07) is 4.37. The predicted molar refractivity (Wildman–Crippen MR) is 80.2 cm³/mol. The number of halogens is 1. The summed E-state index contributed by atoms with van der Waals surface area (Å²) in [5.41, 5.74) is 0.336. The average molecular weight is 300 g/mol. The van der Waals surface area contributed by atoms with E-state index in [1.807, 2.05) is 0 Å². The molecule has 0 atom stereocenters. The van der Waals surface area contributed by atoms with Gasteiger partial charge in [-0.05, 0) is 42.9 Å². The molecule has 0 bridgehead atoms. The smallest absolute Gasteiger partial charge is 0.251 e. The second kappa shape index (κ2) is 7.50. The van der Waals surface area contributed by atoms with Crippen LogP contribution < -0.4 is 5.32 Å². The van der Waals surface area contributed by atoms with Crippen LogP contribution in [0.25, 0.3) is 0 Å². The van der Waals surface area contributed by atoms with Crippen LogP contribution in [0.3, 0.4) is 0 Å². The molecule has 1 rings (SSSR count). The number of phenolic OH excluding ortho intramolecular Hbond substituents is 1. The Kier molecular flexibility index (Phi) is 6.30. The third-order valence-corrected chi connectivity index (χ3v) is 4.28. The van der Waals surface area contributed by atoms with Gasteiger partial charge in [-0.3, -0.25) is 4.79 Å². The number of aliphatic hydroxyl groups is 1. The molecule has 112 valence electrons. The Hall–Kier alpha value is -1.26. The number of carbonyl (C=O) groups is 1. The molecule has 0 heterocycles. The highest BCUT2D eigenvalue weighted by Crippen LogP contribution is 2.29. The molecule has 0 aliphatic heterocycles. The lowest BCUT2D eigenvalue weighted by Crippen LogP contribution is -2.37. The lowest BCUT2D eigenvalue weighted by atomic mass is 9.79. The molecule has 0 saturated heterocycles. The lowest BCUT2D eigenvalue weighted by molar-refractivity contribution is 0.0907. The van der Waals surface area contributed by atoms with E-state index < -0.39 is 0 Å². The van der Waals surface area contributed by atoms with E-state index in [0.717, 1.165) is 12.8 Å². The number of phenols is 1. The van der Waals surface area contributed by atoms with Crippen LogP contribution in [-0.4, -0.2) is 29.3 Å². The molecular formula is C15H22ClNO3. The van der Waals surface area contributed by atoms with E-state index in [9.17, 15) is 9.90 Å². The number of nitrogens with one attached hydrogen (secondary N) is 1. The molecule has 0 unspecified atom stereocenters. The second-order valence-electron chi connectivity index (χ2n) is 5.03. The van der Waals surface area contributed by atoms with Gasteiger partial charge < -0.3 is 15.5 Å². The molecule has 0 fully saturated rings. The van der Waals surface area contributed by atoms with Crippen molar-refractivity contribution in [2.45, 2.75) is 33.1 Å². The molecular weight excluding hydrogens is 278 g/mol. The molecule has 1 aromatic rings. The highest BCUT2D eigenvalue weighted by Gasteiger charge is 2.26. The fraction of sp³-hybridized carbons (Fsp3) is 0.533. The normalized spacial score (nSPS) is 11.4. The Morgan fingerprint density at radius 2 is 2.00 bits per heavy atom. The third kappa shape index (κ3) is 4.12. The summed E-state index contributed by atoms with van der Waals surface area (Å²) < 4.78 is 0. The zero-order valence-electron chi connectivity index (χ0n) is 11.9. The van der Waals surface area contributed by atoms with E-state index in [1.54, 1.807) is 0 Å². The van der Waals surface area contributed by atoms with Crippen molar-refractivity contribution in [1.82, 2.24) is 5.32 Å². The number of aromatic hydroxyl groups is 1. The molecule has 20 heavy (non-hydrogen) atoms. The van der Waals surface area contributed by atoms with Crippen molar-refractivity contribution in [3.63, 3.8) is 0 Å². The lowest BCUT2D eigenvalue weighted by Gasteiger charge is -2.31. The maximum atomic E-state index is 12.1. The maximum absolute atomic E-state index is 12.1. The molecule has 0 aliphatic carbocycles. The van der Waals surface area contributed by atoms with Gasteiger partial charge in [0.2, 0.25) is 0 Å². The Morgan fingerprint density at radius 3 is 2.50 bits per heavy atom. The van der Waals surface area contributed by atoms with Crippen molar-refractivity contribution < 1.29 is 15.0 Å². The summed E-state index contributed by atoms with van der Waals surface area (Å²) in [6.07, 6.45) is 2.44. The van der Waals surface area contributed by atoms with Crippen LogP contribution in [0.4, 0.5) is 0 Å². The number of aliphatic hydroxyl groups excluding tert-OH is 1. The van der Waals surface area contributed by atoms with E-state index >= 15 is 0 Å². The minimum atomic E-state index is -0.226. The van der Waals surface area contributed by atoms with Gasteiger partial charge in [0.05, 0.1) is 5.02 Å². The van der Waals surface area contributed by atoms with E-state index in [0.29, 0.717) is 18.5 Å². The zero-order chi connectivity index (χ0) is 15.2. The number of amides is 1. The van der Waals surface area contributed by atoms with Gasteiger partial charge in [-0.25, -0.2) is 0 Å².